The molecule has 0 aliphatic carbocycles. The van der Waals surface area contributed by atoms with E-state index in [4.69, 9.17) is 10.8 Å². The van der Waals surface area contributed by atoms with Crippen LogP contribution in [-0.4, -0.2) is 29.9 Å². The van der Waals surface area contributed by atoms with E-state index in [1.165, 1.54) is 0 Å². The van der Waals surface area contributed by atoms with Crippen molar-refractivity contribution in [2.24, 2.45) is 5.73 Å². The van der Waals surface area contributed by atoms with Gasteiger partial charge >= 0.3 is 0 Å². The van der Waals surface area contributed by atoms with Crippen molar-refractivity contribution < 1.29 is 9.90 Å². The van der Waals surface area contributed by atoms with Crippen molar-refractivity contribution in [1.29, 1.82) is 0 Å². The molecule has 3 N–H and O–H groups in total. The molecule has 0 radical (unpaired) electrons. The maximum atomic E-state index is 11.7. The Balaban J connectivity index is 2.30. The van der Waals surface area contributed by atoms with Crippen molar-refractivity contribution >= 4 is 23.4 Å². The number of carbonyl (C=O) groups is 1. The highest BCUT2D eigenvalue weighted by Crippen LogP contribution is 2.37. The van der Waals surface area contributed by atoms with Crippen LogP contribution in [0.15, 0.2) is 23.1 Å². The summed E-state index contributed by atoms with van der Waals surface area (Å²) in [6, 6.07) is 5.26. The van der Waals surface area contributed by atoms with Gasteiger partial charge < -0.3 is 15.7 Å². The third-order valence-corrected chi connectivity index (χ3v) is 3.97. The van der Waals surface area contributed by atoms with E-state index in [2.05, 4.69) is 0 Å². The van der Waals surface area contributed by atoms with Crippen LogP contribution in [0.2, 0.25) is 0 Å². The molecule has 1 aliphatic rings. The van der Waals surface area contributed by atoms with E-state index in [0.29, 0.717) is 0 Å². The molecule has 92 valence electrons. The van der Waals surface area contributed by atoms with E-state index in [-0.39, 0.29) is 17.8 Å². The SMILES string of the molecule is CC(CO)Sc1ccc2c(c1)N(C)C(=O)C2N. The predicted molar refractivity (Wildman–Crippen MR) is 69.2 cm³/mol. The van der Waals surface area contributed by atoms with E-state index < -0.39 is 6.04 Å². The molecule has 0 saturated heterocycles. The molecular formula is C12H16N2O2S. The maximum absolute atomic E-state index is 11.7. The van der Waals surface area contributed by atoms with Gasteiger partial charge in [0.25, 0.3) is 0 Å². The number of anilines is 1. The number of aliphatic hydroxyl groups is 1. The minimum absolute atomic E-state index is 0.0719. The van der Waals surface area contributed by atoms with Gasteiger partial charge in [0, 0.05) is 28.4 Å². The van der Waals surface area contributed by atoms with Crippen molar-refractivity contribution in [2.45, 2.75) is 23.1 Å². The zero-order valence-corrected chi connectivity index (χ0v) is 10.7. The summed E-state index contributed by atoms with van der Waals surface area (Å²) in [6.45, 7) is 2.09. The zero-order chi connectivity index (χ0) is 12.6. The number of thioether (sulfide) groups is 1. The summed E-state index contributed by atoms with van der Waals surface area (Å²) in [6.07, 6.45) is 0. The molecule has 1 aliphatic heterocycles. The largest absolute Gasteiger partial charge is 0.395 e. The van der Waals surface area contributed by atoms with Gasteiger partial charge in [0.05, 0.1) is 6.61 Å². The Morgan fingerprint density at radius 1 is 1.59 bits per heavy atom. The Kier molecular flexibility index (Phi) is 3.42. The Morgan fingerprint density at radius 2 is 2.29 bits per heavy atom. The third-order valence-electron chi connectivity index (χ3n) is 2.89. The normalized spacial score (nSPS) is 20.6. The van der Waals surface area contributed by atoms with Crippen LogP contribution in [0.1, 0.15) is 18.5 Å². The van der Waals surface area contributed by atoms with Gasteiger partial charge in [-0.25, -0.2) is 0 Å². The van der Waals surface area contributed by atoms with Gasteiger partial charge in [0.1, 0.15) is 6.04 Å². The first kappa shape index (κ1) is 12.4. The van der Waals surface area contributed by atoms with Crippen LogP contribution in [0.3, 0.4) is 0 Å². The molecule has 0 spiro atoms. The molecule has 0 aromatic heterocycles. The van der Waals surface area contributed by atoms with Crippen LogP contribution in [0, 0.1) is 0 Å². The number of fused-ring (bicyclic) bond motifs is 1. The maximum Gasteiger partial charge on any atom is 0.248 e. The standard InChI is InChI=1S/C12H16N2O2S/c1-7(6-15)17-8-3-4-9-10(5-8)14(2)12(16)11(9)13/h3-5,7,11,15H,6,13H2,1-2H3. The molecule has 1 heterocycles. The Bertz CT molecular complexity index is 450. The molecule has 0 bridgehead atoms. The van der Waals surface area contributed by atoms with Gasteiger partial charge in [-0.05, 0) is 12.1 Å². The summed E-state index contributed by atoms with van der Waals surface area (Å²) < 4.78 is 0. The number of hydrogen-bond donors (Lipinski definition) is 2. The molecule has 5 heteroatoms. The van der Waals surface area contributed by atoms with Crippen LogP contribution in [-0.2, 0) is 4.79 Å². The second kappa shape index (κ2) is 4.68. The van der Waals surface area contributed by atoms with Crippen molar-refractivity contribution in [3.63, 3.8) is 0 Å². The number of rotatable bonds is 3. The average molecular weight is 252 g/mol. The topological polar surface area (TPSA) is 66.6 Å². The van der Waals surface area contributed by atoms with E-state index in [9.17, 15) is 4.79 Å². The monoisotopic (exact) mass is 252 g/mol. The summed E-state index contributed by atoms with van der Waals surface area (Å²) in [4.78, 5) is 14.3. The van der Waals surface area contributed by atoms with Crippen molar-refractivity contribution in [3.05, 3.63) is 23.8 Å². The number of nitrogens with zero attached hydrogens (tertiary/aromatic N) is 1. The van der Waals surface area contributed by atoms with Gasteiger partial charge in [-0.2, -0.15) is 0 Å². The van der Waals surface area contributed by atoms with E-state index in [1.807, 2.05) is 25.1 Å². The lowest BCUT2D eigenvalue weighted by molar-refractivity contribution is -0.118. The Hall–Kier alpha value is -1.04. The van der Waals surface area contributed by atoms with Crippen LogP contribution in [0.25, 0.3) is 0 Å². The predicted octanol–water partition coefficient (Wildman–Crippen LogP) is 1.14. The first-order chi connectivity index (χ1) is 8.04. The molecule has 0 fully saturated rings. The third kappa shape index (κ3) is 2.18. The van der Waals surface area contributed by atoms with E-state index >= 15 is 0 Å². The van der Waals surface area contributed by atoms with Gasteiger partial charge in [-0.15, -0.1) is 11.8 Å². The van der Waals surface area contributed by atoms with Crippen molar-refractivity contribution in [2.75, 3.05) is 18.6 Å². The Labute approximate surface area is 105 Å². The molecular weight excluding hydrogens is 236 g/mol. The van der Waals surface area contributed by atoms with Gasteiger partial charge in [-0.1, -0.05) is 13.0 Å². The van der Waals surface area contributed by atoms with E-state index in [1.54, 1.807) is 23.7 Å². The first-order valence-corrected chi connectivity index (χ1v) is 6.37. The number of aliphatic hydroxyl groups excluding tert-OH is 1. The van der Waals surface area contributed by atoms with Crippen molar-refractivity contribution in [3.8, 4) is 0 Å². The van der Waals surface area contributed by atoms with Crippen LogP contribution < -0.4 is 10.6 Å². The van der Waals surface area contributed by atoms with Gasteiger partial charge in [0.15, 0.2) is 0 Å². The van der Waals surface area contributed by atoms with Gasteiger partial charge in [-0.3, -0.25) is 4.79 Å². The number of nitrogens with two attached hydrogens (primary N) is 1. The molecule has 2 rings (SSSR count). The number of likely N-dealkylation sites (N-methyl/N-ethyl adjacent to an activating group) is 1. The quantitative estimate of drug-likeness (QED) is 0.792. The fourth-order valence-electron chi connectivity index (χ4n) is 1.88. The highest BCUT2D eigenvalue weighted by Gasteiger charge is 2.32. The zero-order valence-electron chi connectivity index (χ0n) is 9.88. The molecule has 17 heavy (non-hydrogen) atoms. The number of benzene rings is 1. The summed E-state index contributed by atoms with van der Waals surface area (Å²) >= 11 is 1.59. The summed E-state index contributed by atoms with van der Waals surface area (Å²) in [5.41, 5.74) is 7.57. The minimum atomic E-state index is -0.538. The minimum Gasteiger partial charge on any atom is -0.395 e. The Morgan fingerprint density at radius 3 is 2.94 bits per heavy atom. The number of hydrogen-bond acceptors (Lipinski definition) is 4. The van der Waals surface area contributed by atoms with Gasteiger partial charge in [0.2, 0.25) is 5.91 Å². The fraction of sp³-hybridized carbons (Fsp3) is 0.417. The van der Waals surface area contributed by atoms with Crippen LogP contribution in [0.5, 0.6) is 0 Å². The van der Waals surface area contributed by atoms with Crippen LogP contribution in [0.4, 0.5) is 5.69 Å². The lowest BCUT2D eigenvalue weighted by atomic mass is 10.1. The number of carbonyl (C=O) groups excluding carboxylic acids is 1. The smallest absolute Gasteiger partial charge is 0.248 e. The molecule has 4 nitrogen and oxygen atoms in total. The second-order valence-corrected chi connectivity index (χ2v) is 5.72. The number of amides is 1. The average Bonchev–Trinajstić information content (AvgIpc) is 2.54. The molecule has 1 aromatic carbocycles. The van der Waals surface area contributed by atoms with E-state index in [0.717, 1.165) is 16.1 Å². The molecule has 2 atom stereocenters. The molecule has 2 unspecified atom stereocenters. The van der Waals surface area contributed by atoms with Crippen LogP contribution >= 0.6 is 11.8 Å². The summed E-state index contributed by atoms with van der Waals surface area (Å²) in [5, 5.41) is 9.16. The lowest BCUT2D eigenvalue weighted by Gasteiger charge is -2.12. The molecule has 0 saturated carbocycles. The first-order valence-electron chi connectivity index (χ1n) is 5.49. The highest BCUT2D eigenvalue weighted by molar-refractivity contribution is 8.00. The second-order valence-electron chi connectivity index (χ2n) is 4.21. The summed E-state index contributed by atoms with van der Waals surface area (Å²) in [7, 11) is 1.73. The highest BCUT2D eigenvalue weighted by atomic mass is 32.2. The lowest BCUT2D eigenvalue weighted by Crippen LogP contribution is -2.27. The van der Waals surface area contributed by atoms with Crippen molar-refractivity contribution in [1.82, 2.24) is 0 Å². The molecule has 1 aromatic rings. The summed E-state index contributed by atoms with van der Waals surface area (Å²) in [5.74, 6) is -0.0719. The molecule has 1 amide bonds. The fourth-order valence-corrected chi connectivity index (χ4v) is 2.75.